The van der Waals surface area contributed by atoms with E-state index in [1.807, 2.05) is 0 Å². The van der Waals surface area contributed by atoms with Crippen molar-refractivity contribution in [1.29, 1.82) is 0 Å². The molecule has 1 aromatic rings. The van der Waals surface area contributed by atoms with Gasteiger partial charge in [0.2, 0.25) is 10.0 Å². The first kappa shape index (κ1) is 14.8. The third-order valence-electron chi connectivity index (χ3n) is 2.36. The second-order valence-electron chi connectivity index (χ2n) is 4.14. The van der Waals surface area contributed by atoms with Crippen LogP contribution < -0.4 is 0 Å². The Morgan fingerprint density at radius 1 is 1.50 bits per heavy atom. The lowest BCUT2D eigenvalue weighted by atomic mass is 10.2. The average molecular weight is 273 g/mol. The van der Waals surface area contributed by atoms with Crippen molar-refractivity contribution < 1.29 is 17.9 Å². The molecule has 18 heavy (non-hydrogen) atoms. The molecule has 0 fully saturated rings. The van der Waals surface area contributed by atoms with Crippen LogP contribution in [0.1, 0.15) is 12.5 Å². The van der Waals surface area contributed by atoms with E-state index in [2.05, 4.69) is 6.58 Å². The van der Waals surface area contributed by atoms with Crippen LogP contribution in [0.4, 0.5) is 4.39 Å². The van der Waals surface area contributed by atoms with Crippen LogP contribution in [0.15, 0.2) is 35.2 Å². The minimum atomic E-state index is -3.87. The molecular weight excluding hydrogens is 257 g/mol. The van der Waals surface area contributed by atoms with Crippen LogP contribution in [-0.2, 0) is 16.6 Å². The molecule has 1 N–H and O–H groups in total. The van der Waals surface area contributed by atoms with E-state index in [1.54, 1.807) is 6.92 Å². The maximum absolute atomic E-state index is 13.7. The van der Waals surface area contributed by atoms with Crippen molar-refractivity contribution in [3.63, 3.8) is 0 Å². The summed E-state index contributed by atoms with van der Waals surface area (Å²) in [6, 6.07) is 3.55. The number of nitrogens with zero attached hydrogens (tertiary/aromatic N) is 1. The van der Waals surface area contributed by atoms with E-state index in [-0.39, 0.29) is 13.2 Å². The lowest BCUT2D eigenvalue weighted by Gasteiger charge is -2.17. The molecule has 0 aliphatic rings. The highest BCUT2D eigenvalue weighted by Crippen LogP contribution is 2.20. The Bertz CT molecular complexity index is 554. The van der Waals surface area contributed by atoms with Gasteiger partial charge in [-0.15, -0.1) is 0 Å². The molecule has 100 valence electrons. The highest BCUT2D eigenvalue weighted by molar-refractivity contribution is 7.89. The van der Waals surface area contributed by atoms with Gasteiger partial charge >= 0.3 is 0 Å². The maximum Gasteiger partial charge on any atom is 0.246 e. The van der Waals surface area contributed by atoms with Gasteiger partial charge in [0.15, 0.2) is 0 Å². The van der Waals surface area contributed by atoms with Crippen molar-refractivity contribution in [2.75, 3.05) is 13.6 Å². The van der Waals surface area contributed by atoms with E-state index in [0.29, 0.717) is 11.1 Å². The van der Waals surface area contributed by atoms with Crippen LogP contribution >= 0.6 is 0 Å². The summed E-state index contributed by atoms with van der Waals surface area (Å²) in [4.78, 5) is -0.400. The highest BCUT2D eigenvalue weighted by Gasteiger charge is 2.24. The zero-order valence-corrected chi connectivity index (χ0v) is 11.2. The second kappa shape index (κ2) is 5.60. The van der Waals surface area contributed by atoms with Crippen molar-refractivity contribution >= 4 is 10.0 Å². The monoisotopic (exact) mass is 273 g/mol. The minimum absolute atomic E-state index is 0.128. The highest BCUT2D eigenvalue weighted by atomic mass is 32.2. The molecule has 0 amide bonds. The summed E-state index contributed by atoms with van der Waals surface area (Å²) in [7, 11) is -2.51. The molecule has 0 unspecified atom stereocenters. The Morgan fingerprint density at radius 3 is 2.56 bits per heavy atom. The topological polar surface area (TPSA) is 57.6 Å². The van der Waals surface area contributed by atoms with Gasteiger partial charge in [0, 0.05) is 13.6 Å². The molecule has 0 aromatic heterocycles. The van der Waals surface area contributed by atoms with Gasteiger partial charge in [0.25, 0.3) is 0 Å². The van der Waals surface area contributed by atoms with Gasteiger partial charge in [-0.05, 0) is 24.6 Å². The van der Waals surface area contributed by atoms with Gasteiger partial charge in [-0.25, -0.2) is 12.8 Å². The van der Waals surface area contributed by atoms with Crippen molar-refractivity contribution in [3.8, 4) is 0 Å². The fraction of sp³-hybridized carbons (Fsp3) is 0.333. The van der Waals surface area contributed by atoms with Crippen molar-refractivity contribution in [1.82, 2.24) is 4.31 Å². The van der Waals surface area contributed by atoms with Crippen LogP contribution in [0, 0.1) is 5.82 Å². The Balaban J connectivity index is 3.16. The fourth-order valence-electron chi connectivity index (χ4n) is 1.48. The van der Waals surface area contributed by atoms with E-state index in [4.69, 9.17) is 5.11 Å². The van der Waals surface area contributed by atoms with E-state index in [0.717, 1.165) is 16.4 Å². The number of sulfonamides is 1. The zero-order chi connectivity index (χ0) is 13.9. The Morgan fingerprint density at radius 2 is 2.11 bits per heavy atom. The van der Waals surface area contributed by atoms with Crippen LogP contribution in [0.3, 0.4) is 0 Å². The molecule has 0 radical (unpaired) electrons. The standard InChI is InChI=1S/C12H16FNO3S/c1-9(2)7-14(3)18(16,17)12-5-4-10(8-15)6-11(12)13/h4-6,15H,1,7-8H2,2-3H3. The first-order valence-corrected chi connectivity index (χ1v) is 6.73. The summed E-state index contributed by atoms with van der Waals surface area (Å²) in [5.74, 6) is -0.866. The van der Waals surface area contributed by atoms with Gasteiger partial charge < -0.3 is 5.11 Å². The number of rotatable bonds is 5. The lowest BCUT2D eigenvalue weighted by molar-refractivity contribution is 0.281. The van der Waals surface area contributed by atoms with Crippen LogP contribution in [0.5, 0.6) is 0 Å². The first-order valence-electron chi connectivity index (χ1n) is 5.29. The van der Waals surface area contributed by atoms with Gasteiger partial charge in [-0.3, -0.25) is 0 Å². The van der Waals surface area contributed by atoms with Crippen LogP contribution in [0.25, 0.3) is 0 Å². The quantitative estimate of drug-likeness (QED) is 0.827. The van der Waals surface area contributed by atoms with E-state index >= 15 is 0 Å². The molecule has 1 aromatic carbocycles. The van der Waals surface area contributed by atoms with Crippen LogP contribution in [-0.4, -0.2) is 31.4 Å². The summed E-state index contributed by atoms with van der Waals surface area (Å²) >= 11 is 0. The summed E-state index contributed by atoms with van der Waals surface area (Å²) < 4.78 is 38.9. The minimum Gasteiger partial charge on any atom is -0.392 e. The number of benzene rings is 1. The summed E-state index contributed by atoms with van der Waals surface area (Å²) in [5, 5.41) is 8.85. The van der Waals surface area contributed by atoms with E-state index in [9.17, 15) is 12.8 Å². The third-order valence-corrected chi connectivity index (χ3v) is 4.20. The number of hydrogen-bond acceptors (Lipinski definition) is 3. The summed E-state index contributed by atoms with van der Waals surface area (Å²) in [6.45, 7) is 5.10. The molecule has 1 rings (SSSR count). The van der Waals surface area contributed by atoms with Gasteiger partial charge in [-0.2, -0.15) is 4.31 Å². The smallest absolute Gasteiger partial charge is 0.246 e. The zero-order valence-electron chi connectivity index (χ0n) is 10.4. The summed E-state index contributed by atoms with van der Waals surface area (Å²) in [5.41, 5.74) is 0.988. The Kier molecular flexibility index (Phi) is 4.61. The first-order chi connectivity index (χ1) is 8.28. The molecule has 0 atom stereocenters. The molecule has 0 aliphatic carbocycles. The number of halogens is 1. The molecule has 0 saturated carbocycles. The number of aliphatic hydroxyl groups is 1. The molecule has 4 nitrogen and oxygen atoms in total. The number of hydrogen-bond donors (Lipinski definition) is 1. The fourth-order valence-corrected chi connectivity index (χ4v) is 2.76. The third kappa shape index (κ3) is 3.16. The van der Waals surface area contributed by atoms with Crippen molar-refractivity contribution in [3.05, 3.63) is 41.7 Å². The van der Waals surface area contributed by atoms with Crippen molar-refractivity contribution in [2.45, 2.75) is 18.4 Å². The van der Waals surface area contributed by atoms with Gasteiger partial charge in [0.05, 0.1) is 6.61 Å². The van der Waals surface area contributed by atoms with Crippen LogP contribution in [0.2, 0.25) is 0 Å². The summed E-state index contributed by atoms with van der Waals surface area (Å²) in [6.07, 6.45) is 0. The predicted molar refractivity (Wildman–Crippen MR) is 67.0 cm³/mol. The normalized spacial score (nSPS) is 11.8. The molecule has 6 heteroatoms. The average Bonchev–Trinajstić information content (AvgIpc) is 2.27. The lowest BCUT2D eigenvalue weighted by Crippen LogP contribution is -2.29. The number of aliphatic hydroxyl groups excluding tert-OH is 1. The number of likely N-dealkylation sites (N-methyl/N-ethyl adjacent to an activating group) is 1. The van der Waals surface area contributed by atoms with Gasteiger partial charge in [-0.1, -0.05) is 18.2 Å². The molecule has 0 bridgehead atoms. The second-order valence-corrected chi connectivity index (χ2v) is 6.15. The van der Waals surface area contributed by atoms with E-state index < -0.39 is 20.7 Å². The molecule has 0 spiro atoms. The van der Waals surface area contributed by atoms with Crippen molar-refractivity contribution in [2.24, 2.45) is 0 Å². The molecular formula is C12H16FNO3S. The Labute approximate surface area is 106 Å². The van der Waals surface area contributed by atoms with E-state index in [1.165, 1.54) is 13.1 Å². The molecule has 0 saturated heterocycles. The predicted octanol–water partition coefficient (Wildman–Crippen LogP) is 1.51. The van der Waals surface area contributed by atoms with Gasteiger partial charge in [0.1, 0.15) is 10.7 Å². The Hall–Kier alpha value is -1.24. The SMILES string of the molecule is C=C(C)CN(C)S(=O)(=O)c1ccc(CO)cc1F. The molecule has 0 aliphatic heterocycles. The molecule has 0 heterocycles. The maximum atomic E-state index is 13.7. The largest absolute Gasteiger partial charge is 0.392 e.